The fraction of sp³-hybridized carbons (Fsp3) is 0.333. The quantitative estimate of drug-likeness (QED) is 0.278. The number of aliphatic hydroxyl groups excluding tert-OH is 1. The lowest BCUT2D eigenvalue weighted by molar-refractivity contribution is 0.0142. The molecule has 38 heavy (non-hydrogen) atoms. The molecule has 8 heteroatoms. The molecule has 0 radical (unpaired) electrons. The van der Waals surface area contributed by atoms with Crippen LogP contribution in [0.4, 0.5) is 4.79 Å². The first-order chi connectivity index (χ1) is 18.0. The van der Waals surface area contributed by atoms with Crippen LogP contribution in [0.1, 0.15) is 54.8 Å². The zero-order chi connectivity index (χ0) is 27.9. The zero-order valence-corrected chi connectivity index (χ0v) is 23.6. The highest BCUT2D eigenvalue weighted by Crippen LogP contribution is 2.27. The van der Waals surface area contributed by atoms with Gasteiger partial charge in [0.2, 0.25) is 0 Å². The molecule has 0 unspecified atom stereocenters. The van der Waals surface area contributed by atoms with E-state index < -0.39 is 23.8 Å². The number of amides is 1. The molecule has 0 aliphatic carbocycles. The molecule has 0 saturated heterocycles. The Kier molecular flexibility index (Phi) is 10.2. The molecule has 0 spiro atoms. The van der Waals surface area contributed by atoms with Crippen LogP contribution in [-0.4, -0.2) is 47.9 Å². The van der Waals surface area contributed by atoms with Crippen LogP contribution in [0.2, 0.25) is 10.0 Å². The standard InChI is InChI=1S/C30H33Cl2NO5/c1-30(2,3)38-29(36)33(19-27(34)23-8-5-9-24(31)17-23)16-6-7-20-10-12-21(13-11-20)22-14-15-25(26(32)18-22)28(35)37-4/h5,8-15,17-18,27,34H,6-7,16,19H2,1-4H3/t27-/m0/s1. The number of nitrogens with zero attached hydrogens (tertiary/aromatic N) is 1. The number of carbonyl (C=O) groups excluding carboxylic acids is 2. The highest BCUT2D eigenvalue weighted by atomic mass is 35.5. The minimum absolute atomic E-state index is 0.0938. The molecule has 0 aromatic heterocycles. The van der Waals surface area contributed by atoms with E-state index in [9.17, 15) is 14.7 Å². The Morgan fingerprint density at radius 2 is 1.66 bits per heavy atom. The normalized spacial score (nSPS) is 12.1. The van der Waals surface area contributed by atoms with Gasteiger partial charge in [0, 0.05) is 11.6 Å². The van der Waals surface area contributed by atoms with Gasteiger partial charge in [0.05, 0.1) is 30.3 Å². The summed E-state index contributed by atoms with van der Waals surface area (Å²) in [6.07, 6.45) is 0.0501. The Morgan fingerprint density at radius 3 is 2.26 bits per heavy atom. The van der Waals surface area contributed by atoms with Gasteiger partial charge in [0.15, 0.2) is 0 Å². The fourth-order valence-electron chi connectivity index (χ4n) is 3.92. The molecule has 3 rings (SSSR count). The van der Waals surface area contributed by atoms with Gasteiger partial charge in [0.25, 0.3) is 0 Å². The maximum absolute atomic E-state index is 12.9. The highest BCUT2D eigenvalue weighted by Gasteiger charge is 2.24. The SMILES string of the molecule is COC(=O)c1ccc(-c2ccc(CCCN(C[C@H](O)c3cccc(Cl)c3)C(=O)OC(C)(C)C)cc2)cc1Cl. The molecule has 1 amide bonds. The highest BCUT2D eigenvalue weighted by molar-refractivity contribution is 6.33. The van der Waals surface area contributed by atoms with Gasteiger partial charge in [-0.3, -0.25) is 0 Å². The molecule has 0 saturated carbocycles. The van der Waals surface area contributed by atoms with E-state index in [-0.39, 0.29) is 6.54 Å². The predicted octanol–water partition coefficient (Wildman–Crippen LogP) is 7.35. The van der Waals surface area contributed by atoms with Crippen molar-refractivity contribution in [3.05, 3.63) is 93.5 Å². The minimum Gasteiger partial charge on any atom is -0.465 e. The first-order valence-corrected chi connectivity index (χ1v) is 13.1. The summed E-state index contributed by atoms with van der Waals surface area (Å²) < 4.78 is 10.3. The van der Waals surface area contributed by atoms with Crippen molar-refractivity contribution in [2.75, 3.05) is 20.2 Å². The van der Waals surface area contributed by atoms with E-state index in [1.807, 2.05) is 51.1 Å². The van der Waals surface area contributed by atoms with Crippen LogP contribution >= 0.6 is 23.2 Å². The van der Waals surface area contributed by atoms with Crippen LogP contribution in [0.25, 0.3) is 11.1 Å². The van der Waals surface area contributed by atoms with Crippen molar-refractivity contribution >= 4 is 35.3 Å². The summed E-state index contributed by atoms with van der Waals surface area (Å²) in [6, 6.07) is 20.2. The second-order valence-electron chi connectivity index (χ2n) is 9.98. The fourth-order valence-corrected chi connectivity index (χ4v) is 4.38. The summed E-state index contributed by atoms with van der Waals surface area (Å²) in [6.45, 7) is 5.95. The van der Waals surface area contributed by atoms with Crippen LogP contribution in [0.15, 0.2) is 66.7 Å². The monoisotopic (exact) mass is 557 g/mol. The summed E-state index contributed by atoms with van der Waals surface area (Å²) in [5, 5.41) is 11.6. The van der Waals surface area contributed by atoms with E-state index in [2.05, 4.69) is 0 Å². The maximum atomic E-state index is 12.9. The van der Waals surface area contributed by atoms with Gasteiger partial charge in [-0.1, -0.05) is 65.7 Å². The Balaban J connectivity index is 1.64. The second kappa shape index (κ2) is 13.1. The van der Waals surface area contributed by atoms with E-state index in [4.69, 9.17) is 32.7 Å². The molecule has 3 aromatic rings. The Bertz CT molecular complexity index is 1250. The number of aryl methyl sites for hydroxylation is 1. The van der Waals surface area contributed by atoms with Crippen LogP contribution in [0.5, 0.6) is 0 Å². The minimum atomic E-state index is -0.891. The molecule has 6 nitrogen and oxygen atoms in total. The lowest BCUT2D eigenvalue weighted by Gasteiger charge is -2.29. The van der Waals surface area contributed by atoms with E-state index in [1.54, 1.807) is 36.4 Å². The Morgan fingerprint density at radius 1 is 0.974 bits per heavy atom. The first-order valence-electron chi connectivity index (χ1n) is 12.4. The molecule has 0 fully saturated rings. The summed E-state index contributed by atoms with van der Waals surface area (Å²) in [5.41, 5.74) is 3.27. The average molecular weight is 559 g/mol. The number of aliphatic hydroxyl groups is 1. The third kappa shape index (κ3) is 8.48. The third-order valence-electron chi connectivity index (χ3n) is 5.83. The topological polar surface area (TPSA) is 76.1 Å². The van der Waals surface area contributed by atoms with Crippen molar-refractivity contribution in [2.24, 2.45) is 0 Å². The number of hydrogen-bond donors (Lipinski definition) is 1. The Hall–Kier alpha value is -3.06. The number of hydrogen-bond acceptors (Lipinski definition) is 5. The van der Waals surface area contributed by atoms with Crippen molar-refractivity contribution in [1.82, 2.24) is 4.90 Å². The predicted molar refractivity (Wildman–Crippen MR) is 151 cm³/mol. The summed E-state index contributed by atoms with van der Waals surface area (Å²) in [4.78, 5) is 26.2. The van der Waals surface area contributed by atoms with Gasteiger partial charge in [-0.05, 0) is 80.1 Å². The van der Waals surface area contributed by atoms with Crippen molar-refractivity contribution in [3.8, 4) is 11.1 Å². The van der Waals surface area contributed by atoms with Crippen LogP contribution in [0.3, 0.4) is 0 Å². The maximum Gasteiger partial charge on any atom is 0.410 e. The third-order valence-corrected chi connectivity index (χ3v) is 6.38. The Labute approximate surface area is 234 Å². The van der Waals surface area contributed by atoms with E-state index in [0.717, 1.165) is 23.1 Å². The molecule has 1 atom stereocenters. The number of esters is 1. The second-order valence-corrected chi connectivity index (χ2v) is 10.8. The van der Waals surface area contributed by atoms with Crippen LogP contribution in [0, 0.1) is 0 Å². The average Bonchev–Trinajstić information content (AvgIpc) is 2.87. The first kappa shape index (κ1) is 29.5. The van der Waals surface area contributed by atoms with Crippen molar-refractivity contribution in [1.29, 1.82) is 0 Å². The van der Waals surface area contributed by atoms with Crippen molar-refractivity contribution in [3.63, 3.8) is 0 Å². The van der Waals surface area contributed by atoms with Gasteiger partial charge in [-0.2, -0.15) is 0 Å². The van der Waals surface area contributed by atoms with E-state index in [0.29, 0.717) is 34.1 Å². The van der Waals surface area contributed by atoms with Crippen LogP contribution < -0.4 is 0 Å². The summed E-state index contributed by atoms with van der Waals surface area (Å²) >= 11 is 12.3. The van der Waals surface area contributed by atoms with Gasteiger partial charge >= 0.3 is 12.1 Å². The lowest BCUT2D eigenvalue weighted by atomic mass is 10.0. The number of benzene rings is 3. The zero-order valence-electron chi connectivity index (χ0n) is 22.0. The van der Waals surface area contributed by atoms with E-state index in [1.165, 1.54) is 12.0 Å². The number of ether oxygens (including phenoxy) is 2. The number of halogens is 2. The van der Waals surface area contributed by atoms with Gasteiger partial charge in [0.1, 0.15) is 5.60 Å². The van der Waals surface area contributed by atoms with Crippen molar-refractivity contribution in [2.45, 2.75) is 45.3 Å². The molecule has 0 bridgehead atoms. The smallest absolute Gasteiger partial charge is 0.410 e. The molecular weight excluding hydrogens is 525 g/mol. The molecule has 0 aliphatic rings. The lowest BCUT2D eigenvalue weighted by Crippen LogP contribution is -2.40. The van der Waals surface area contributed by atoms with Crippen LogP contribution in [-0.2, 0) is 15.9 Å². The summed E-state index contributed by atoms with van der Waals surface area (Å²) in [7, 11) is 1.32. The molecular formula is C30H33Cl2NO5. The van der Waals surface area contributed by atoms with E-state index >= 15 is 0 Å². The molecule has 0 heterocycles. The number of rotatable bonds is 9. The largest absolute Gasteiger partial charge is 0.465 e. The number of methoxy groups -OCH3 is 1. The van der Waals surface area contributed by atoms with Gasteiger partial charge < -0.3 is 19.5 Å². The molecule has 0 aliphatic heterocycles. The molecule has 1 N–H and O–H groups in total. The molecule has 202 valence electrons. The summed E-state index contributed by atoms with van der Waals surface area (Å²) in [5.74, 6) is -0.475. The molecule has 3 aromatic carbocycles. The van der Waals surface area contributed by atoms with Gasteiger partial charge in [-0.25, -0.2) is 9.59 Å². The van der Waals surface area contributed by atoms with Gasteiger partial charge in [-0.15, -0.1) is 0 Å². The number of carbonyl (C=O) groups is 2. The van der Waals surface area contributed by atoms with Crippen molar-refractivity contribution < 1.29 is 24.2 Å².